The van der Waals surface area contributed by atoms with E-state index in [0.717, 1.165) is 6.54 Å². The van der Waals surface area contributed by atoms with Crippen molar-refractivity contribution in [1.82, 2.24) is 10.2 Å². The summed E-state index contributed by atoms with van der Waals surface area (Å²) in [4.78, 5) is 2.61. The second-order valence-electron chi connectivity index (χ2n) is 7.84. The Labute approximate surface area is 115 Å². The molecule has 1 saturated carbocycles. The largest absolute Gasteiger partial charge is 0.312 e. The van der Waals surface area contributed by atoms with Crippen LogP contribution in [-0.4, -0.2) is 36.6 Å². The third-order valence-electron chi connectivity index (χ3n) is 5.12. The van der Waals surface area contributed by atoms with E-state index >= 15 is 0 Å². The molecule has 0 aromatic heterocycles. The van der Waals surface area contributed by atoms with E-state index in [1.807, 2.05) is 0 Å². The summed E-state index contributed by atoms with van der Waals surface area (Å²) in [6, 6.07) is 1.91. The normalized spacial score (nSPS) is 29.8. The predicted molar refractivity (Wildman–Crippen MR) is 80.9 cm³/mol. The van der Waals surface area contributed by atoms with Crippen molar-refractivity contribution in [3.63, 3.8) is 0 Å². The second-order valence-corrected chi connectivity index (χ2v) is 7.84. The van der Waals surface area contributed by atoms with Crippen molar-refractivity contribution in [1.29, 1.82) is 0 Å². The summed E-state index contributed by atoms with van der Waals surface area (Å²) >= 11 is 0. The molecule has 2 nitrogen and oxygen atoms in total. The maximum absolute atomic E-state index is 3.73. The fourth-order valence-electron chi connectivity index (χ4n) is 3.33. The summed E-state index contributed by atoms with van der Waals surface area (Å²) in [7, 11) is 2.31. The zero-order valence-electron chi connectivity index (χ0n) is 13.8. The second kappa shape index (κ2) is 5.50. The number of nitrogens with one attached hydrogen (secondary N) is 1. The zero-order valence-corrected chi connectivity index (χ0v) is 13.8. The molecule has 0 radical (unpaired) electrons. The van der Waals surface area contributed by atoms with Gasteiger partial charge in [-0.25, -0.2) is 0 Å². The lowest BCUT2D eigenvalue weighted by Crippen LogP contribution is -2.55. The summed E-state index contributed by atoms with van der Waals surface area (Å²) in [5, 5.41) is 3.73. The van der Waals surface area contributed by atoms with Crippen LogP contribution in [0, 0.1) is 10.8 Å². The highest BCUT2D eigenvalue weighted by molar-refractivity contribution is 5.01. The van der Waals surface area contributed by atoms with Crippen molar-refractivity contribution < 1.29 is 0 Å². The van der Waals surface area contributed by atoms with E-state index in [0.29, 0.717) is 29.0 Å². The molecule has 18 heavy (non-hydrogen) atoms. The Kier molecular flexibility index (Phi) is 4.88. The molecule has 1 aliphatic rings. The van der Waals surface area contributed by atoms with E-state index in [2.05, 4.69) is 65.7 Å². The monoisotopic (exact) mass is 254 g/mol. The van der Waals surface area contributed by atoms with Crippen molar-refractivity contribution >= 4 is 0 Å². The molecular formula is C16H34N2. The summed E-state index contributed by atoms with van der Waals surface area (Å²) < 4.78 is 0. The van der Waals surface area contributed by atoms with Gasteiger partial charge in [0.2, 0.25) is 0 Å². The maximum Gasteiger partial charge on any atom is 0.0274 e. The van der Waals surface area contributed by atoms with Gasteiger partial charge < -0.3 is 5.32 Å². The van der Waals surface area contributed by atoms with E-state index in [9.17, 15) is 0 Å². The van der Waals surface area contributed by atoms with E-state index in [4.69, 9.17) is 0 Å². The van der Waals surface area contributed by atoms with Gasteiger partial charge in [0.15, 0.2) is 0 Å². The Bertz CT molecular complexity index is 265. The highest BCUT2D eigenvalue weighted by Gasteiger charge is 2.44. The number of hydrogen-bond acceptors (Lipinski definition) is 2. The highest BCUT2D eigenvalue weighted by Crippen LogP contribution is 2.41. The van der Waals surface area contributed by atoms with Gasteiger partial charge in [0.25, 0.3) is 0 Å². The van der Waals surface area contributed by atoms with Gasteiger partial charge >= 0.3 is 0 Å². The molecule has 1 fully saturated rings. The minimum atomic E-state index is 0.345. The van der Waals surface area contributed by atoms with Crippen molar-refractivity contribution in [3.05, 3.63) is 0 Å². The Hall–Kier alpha value is -0.0800. The van der Waals surface area contributed by atoms with Gasteiger partial charge in [-0.15, -0.1) is 0 Å². The minimum absolute atomic E-state index is 0.345. The topological polar surface area (TPSA) is 15.3 Å². The molecule has 3 unspecified atom stereocenters. The van der Waals surface area contributed by atoms with Crippen LogP contribution in [0.15, 0.2) is 0 Å². The van der Waals surface area contributed by atoms with Crippen molar-refractivity contribution in [2.24, 2.45) is 10.8 Å². The fourth-order valence-corrected chi connectivity index (χ4v) is 3.33. The molecule has 0 aromatic carbocycles. The van der Waals surface area contributed by atoms with Crippen molar-refractivity contribution in [2.75, 3.05) is 13.6 Å². The fraction of sp³-hybridized carbons (Fsp3) is 1.00. The number of nitrogens with zero attached hydrogens (tertiary/aromatic N) is 1. The molecule has 0 bridgehead atoms. The molecule has 0 aliphatic heterocycles. The molecule has 1 aliphatic carbocycles. The highest BCUT2D eigenvalue weighted by atomic mass is 15.2. The molecule has 0 aromatic rings. The predicted octanol–water partition coefficient (Wildman–Crippen LogP) is 3.52. The molecule has 0 spiro atoms. The van der Waals surface area contributed by atoms with Gasteiger partial charge in [-0.3, -0.25) is 4.90 Å². The first kappa shape index (κ1) is 16.0. The molecule has 2 heteroatoms. The van der Waals surface area contributed by atoms with E-state index < -0.39 is 0 Å². The lowest BCUT2D eigenvalue weighted by molar-refractivity contribution is 0.0754. The first-order valence-electron chi connectivity index (χ1n) is 7.56. The number of likely N-dealkylation sites (N-methyl/N-ethyl adjacent to an activating group) is 2. The summed E-state index contributed by atoms with van der Waals surface area (Å²) in [5.41, 5.74) is 0.769. The molecular weight excluding hydrogens is 220 g/mol. The molecule has 1 N–H and O–H groups in total. The summed E-state index contributed by atoms with van der Waals surface area (Å²) in [6.45, 7) is 17.5. The van der Waals surface area contributed by atoms with Gasteiger partial charge in [-0.2, -0.15) is 0 Å². The van der Waals surface area contributed by atoms with Crippen LogP contribution in [0.2, 0.25) is 0 Å². The van der Waals surface area contributed by atoms with Crippen LogP contribution in [0.4, 0.5) is 0 Å². The average Bonchev–Trinajstić information content (AvgIpc) is 2.52. The van der Waals surface area contributed by atoms with E-state index in [1.54, 1.807) is 0 Å². The molecule has 0 amide bonds. The average molecular weight is 254 g/mol. The Morgan fingerprint density at radius 2 is 1.89 bits per heavy atom. The lowest BCUT2D eigenvalue weighted by Gasteiger charge is -2.43. The quantitative estimate of drug-likeness (QED) is 0.826. The van der Waals surface area contributed by atoms with E-state index in [1.165, 1.54) is 12.8 Å². The van der Waals surface area contributed by atoms with Crippen LogP contribution in [0.5, 0.6) is 0 Å². The van der Waals surface area contributed by atoms with Crippen molar-refractivity contribution in [3.8, 4) is 0 Å². The molecule has 1 rings (SSSR count). The lowest BCUT2D eigenvalue weighted by atomic mass is 9.83. The Balaban J connectivity index is 2.82. The first-order valence-corrected chi connectivity index (χ1v) is 7.56. The Morgan fingerprint density at radius 3 is 2.33 bits per heavy atom. The number of hydrogen-bond donors (Lipinski definition) is 1. The number of rotatable bonds is 4. The van der Waals surface area contributed by atoms with Crippen LogP contribution in [0.25, 0.3) is 0 Å². The van der Waals surface area contributed by atoms with Crippen LogP contribution in [0.1, 0.15) is 61.3 Å². The molecule has 0 heterocycles. The maximum atomic E-state index is 3.73. The first-order chi connectivity index (χ1) is 8.11. The van der Waals surface area contributed by atoms with Crippen LogP contribution in [-0.2, 0) is 0 Å². The Morgan fingerprint density at radius 1 is 1.33 bits per heavy atom. The van der Waals surface area contributed by atoms with Gasteiger partial charge in [-0.05, 0) is 44.2 Å². The van der Waals surface area contributed by atoms with Gasteiger partial charge in [0.05, 0.1) is 0 Å². The standard InChI is InChI=1S/C16H34N2/c1-9-17-14-13(10-11-16(14,6)7)18(8)12(2)15(3,4)5/h12-14,17H,9-11H2,1-8H3. The third-order valence-corrected chi connectivity index (χ3v) is 5.12. The smallest absolute Gasteiger partial charge is 0.0274 e. The van der Waals surface area contributed by atoms with Crippen LogP contribution < -0.4 is 5.32 Å². The molecule has 108 valence electrons. The van der Waals surface area contributed by atoms with Gasteiger partial charge in [0.1, 0.15) is 0 Å². The van der Waals surface area contributed by atoms with Gasteiger partial charge in [0, 0.05) is 18.1 Å². The minimum Gasteiger partial charge on any atom is -0.312 e. The van der Waals surface area contributed by atoms with Crippen molar-refractivity contribution in [2.45, 2.75) is 79.4 Å². The molecule has 0 saturated heterocycles. The summed E-state index contributed by atoms with van der Waals surface area (Å²) in [6.07, 6.45) is 2.65. The third kappa shape index (κ3) is 3.27. The SMILES string of the molecule is CCNC1C(N(C)C(C)C(C)(C)C)CCC1(C)C. The van der Waals surface area contributed by atoms with E-state index in [-0.39, 0.29) is 0 Å². The zero-order chi connectivity index (χ0) is 14.1. The van der Waals surface area contributed by atoms with Crippen LogP contribution in [0.3, 0.4) is 0 Å². The summed E-state index contributed by atoms with van der Waals surface area (Å²) in [5.74, 6) is 0. The van der Waals surface area contributed by atoms with Crippen LogP contribution >= 0.6 is 0 Å². The van der Waals surface area contributed by atoms with Gasteiger partial charge in [-0.1, -0.05) is 41.5 Å². The molecule has 3 atom stereocenters.